The Morgan fingerprint density at radius 1 is 1.12 bits per heavy atom. The fourth-order valence-electron chi connectivity index (χ4n) is 4.03. The Hall–Kier alpha value is -1.79. The number of fused-ring (bicyclic) bond motifs is 1. The second kappa shape index (κ2) is 7.40. The van der Waals surface area contributed by atoms with Crippen LogP contribution in [0.4, 0.5) is 0 Å². The van der Waals surface area contributed by atoms with Crippen LogP contribution in [0, 0.1) is 0 Å². The lowest BCUT2D eigenvalue weighted by molar-refractivity contribution is -0.0881. The fourth-order valence-corrected chi connectivity index (χ4v) is 4.03. The van der Waals surface area contributed by atoms with Gasteiger partial charge in [-0.2, -0.15) is 4.68 Å². The van der Waals surface area contributed by atoms with Crippen LogP contribution in [0.25, 0.3) is 5.69 Å². The number of ether oxygens (including phenoxy) is 1. The zero-order chi connectivity index (χ0) is 16.2. The van der Waals surface area contributed by atoms with Crippen LogP contribution in [0.1, 0.15) is 37.9 Å². The number of benzene rings is 1. The second-order valence-electron chi connectivity index (χ2n) is 6.74. The average molecular weight is 327 g/mol. The Morgan fingerprint density at radius 2 is 2.00 bits per heavy atom. The first kappa shape index (κ1) is 15.7. The van der Waals surface area contributed by atoms with Gasteiger partial charge in [0.2, 0.25) is 0 Å². The number of tetrazole rings is 1. The lowest BCUT2D eigenvalue weighted by Crippen LogP contribution is -2.52. The first-order chi connectivity index (χ1) is 11.9. The van der Waals surface area contributed by atoms with E-state index < -0.39 is 0 Å². The summed E-state index contributed by atoms with van der Waals surface area (Å²) in [4.78, 5) is 2.63. The van der Waals surface area contributed by atoms with Crippen LogP contribution in [-0.4, -0.2) is 56.9 Å². The molecule has 1 aromatic heterocycles. The van der Waals surface area contributed by atoms with Crippen LogP contribution in [0.15, 0.2) is 30.3 Å². The van der Waals surface area contributed by atoms with Crippen LogP contribution in [-0.2, 0) is 11.2 Å². The first-order valence-electron chi connectivity index (χ1n) is 9.10. The van der Waals surface area contributed by atoms with Gasteiger partial charge in [0.15, 0.2) is 5.82 Å². The molecule has 4 rings (SSSR count). The van der Waals surface area contributed by atoms with Crippen LogP contribution in [0.2, 0.25) is 0 Å². The minimum Gasteiger partial charge on any atom is -0.375 e. The normalized spacial score (nSPS) is 24.7. The summed E-state index contributed by atoms with van der Waals surface area (Å²) in [6, 6.07) is 10.7. The number of hydrogen-bond donors (Lipinski definition) is 0. The van der Waals surface area contributed by atoms with Gasteiger partial charge in [0, 0.05) is 19.0 Å². The smallest absolute Gasteiger partial charge is 0.156 e. The highest BCUT2D eigenvalue weighted by atomic mass is 16.5. The number of aryl methyl sites for hydroxylation is 1. The molecule has 6 heteroatoms. The van der Waals surface area contributed by atoms with Crippen molar-refractivity contribution < 1.29 is 4.74 Å². The van der Waals surface area contributed by atoms with Crippen LogP contribution >= 0.6 is 0 Å². The molecule has 0 N–H and O–H groups in total. The molecule has 1 saturated heterocycles. The zero-order valence-corrected chi connectivity index (χ0v) is 14.0. The summed E-state index contributed by atoms with van der Waals surface area (Å²) < 4.78 is 7.81. The molecule has 0 radical (unpaired) electrons. The summed E-state index contributed by atoms with van der Waals surface area (Å²) in [6.07, 6.45) is 7.61. The van der Waals surface area contributed by atoms with Crippen molar-refractivity contribution in [1.29, 1.82) is 0 Å². The third-order valence-corrected chi connectivity index (χ3v) is 5.23. The minimum absolute atomic E-state index is 0.460. The monoisotopic (exact) mass is 327 g/mol. The lowest BCUT2D eigenvalue weighted by atomic mass is 9.90. The Labute approximate surface area is 142 Å². The second-order valence-corrected chi connectivity index (χ2v) is 6.74. The molecule has 2 fully saturated rings. The van der Waals surface area contributed by atoms with E-state index in [1.54, 1.807) is 0 Å². The van der Waals surface area contributed by atoms with Gasteiger partial charge in [0.1, 0.15) is 0 Å². The highest BCUT2D eigenvalue weighted by Gasteiger charge is 2.33. The van der Waals surface area contributed by atoms with Crippen molar-refractivity contribution in [2.75, 3.05) is 19.7 Å². The number of rotatable bonds is 5. The summed E-state index contributed by atoms with van der Waals surface area (Å²) in [5.74, 6) is 0.939. The molecule has 1 aromatic carbocycles. The third-order valence-electron chi connectivity index (χ3n) is 5.23. The Bertz CT molecular complexity index is 642. The van der Waals surface area contributed by atoms with Crippen molar-refractivity contribution in [2.24, 2.45) is 0 Å². The van der Waals surface area contributed by atoms with Gasteiger partial charge in [-0.3, -0.25) is 4.90 Å². The van der Waals surface area contributed by atoms with Gasteiger partial charge < -0.3 is 4.74 Å². The van der Waals surface area contributed by atoms with Crippen molar-refractivity contribution in [1.82, 2.24) is 25.1 Å². The van der Waals surface area contributed by atoms with Gasteiger partial charge in [-0.25, -0.2) is 0 Å². The largest absolute Gasteiger partial charge is 0.375 e. The maximum atomic E-state index is 5.96. The van der Waals surface area contributed by atoms with E-state index in [1.165, 1.54) is 25.7 Å². The van der Waals surface area contributed by atoms with Crippen molar-refractivity contribution in [3.63, 3.8) is 0 Å². The SMILES string of the molecule is c1ccc(-n2nnnc2CCCN2CCOC3CCCCC32)cc1. The van der Waals surface area contributed by atoms with Gasteiger partial charge in [-0.05, 0) is 48.4 Å². The van der Waals surface area contributed by atoms with Gasteiger partial charge in [0.25, 0.3) is 0 Å². The quantitative estimate of drug-likeness (QED) is 0.843. The summed E-state index contributed by atoms with van der Waals surface area (Å²) >= 11 is 0. The molecule has 0 bridgehead atoms. The molecule has 2 aliphatic rings. The molecule has 24 heavy (non-hydrogen) atoms. The molecule has 0 amide bonds. The Kier molecular flexibility index (Phi) is 4.85. The topological polar surface area (TPSA) is 56.1 Å². The van der Waals surface area contributed by atoms with Gasteiger partial charge in [-0.15, -0.1) is 5.10 Å². The van der Waals surface area contributed by atoms with Gasteiger partial charge >= 0.3 is 0 Å². The van der Waals surface area contributed by atoms with Crippen molar-refractivity contribution in [2.45, 2.75) is 50.7 Å². The predicted octanol–water partition coefficient (Wildman–Crippen LogP) is 2.24. The van der Waals surface area contributed by atoms with Gasteiger partial charge in [0.05, 0.1) is 18.4 Å². The molecule has 6 nitrogen and oxygen atoms in total. The Morgan fingerprint density at radius 3 is 2.92 bits per heavy atom. The van der Waals surface area contributed by atoms with Crippen molar-refractivity contribution in [3.8, 4) is 5.69 Å². The molecular weight excluding hydrogens is 302 g/mol. The van der Waals surface area contributed by atoms with E-state index in [1.807, 2.05) is 35.0 Å². The summed E-state index contributed by atoms with van der Waals surface area (Å²) in [7, 11) is 0. The number of nitrogens with zero attached hydrogens (tertiary/aromatic N) is 5. The number of para-hydroxylation sites is 1. The zero-order valence-electron chi connectivity index (χ0n) is 14.0. The standard InChI is InChI=1S/C18H25N5O/c1-2-7-15(8-3-1)23-18(19-20-21-23)11-6-12-22-13-14-24-17-10-5-4-9-16(17)22/h1-3,7-8,16-17H,4-6,9-14H2. The number of morpholine rings is 1. The maximum absolute atomic E-state index is 5.96. The predicted molar refractivity (Wildman–Crippen MR) is 91.0 cm³/mol. The highest BCUT2D eigenvalue weighted by Crippen LogP contribution is 2.28. The van der Waals surface area contributed by atoms with Crippen LogP contribution < -0.4 is 0 Å². The molecule has 2 atom stereocenters. The van der Waals surface area contributed by atoms with Crippen LogP contribution in [0.3, 0.4) is 0 Å². The molecule has 1 saturated carbocycles. The van der Waals surface area contributed by atoms with Gasteiger partial charge in [-0.1, -0.05) is 31.0 Å². The molecular formula is C18H25N5O. The van der Waals surface area contributed by atoms with Crippen molar-refractivity contribution in [3.05, 3.63) is 36.2 Å². The lowest BCUT2D eigenvalue weighted by Gasteiger charge is -2.43. The van der Waals surface area contributed by atoms with E-state index in [4.69, 9.17) is 4.74 Å². The molecule has 2 heterocycles. The van der Waals surface area contributed by atoms with Crippen molar-refractivity contribution >= 4 is 0 Å². The molecule has 0 spiro atoms. The van der Waals surface area contributed by atoms with E-state index in [0.717, 1.165) is 44.0 Å². The van der Waals surface area contributed by atoms with E-state index in [2.05, 4.69) is 20.4 Å². The van der Waals surface area contributed by atoms with E-state index in [0.29, 0.717) is 12.1 Å². The fraction of sp³-hybridized carbons (Fsp3) is 0.611. The van der Waals surface area contributed by atoms with E-state index in [9.17, 15) is 0 Å². The highest BCUT2D eigenvalue weighted by molar-refractivity contribution is 5.30. The summed E-state index contributed by atoms with van der Waals surface area (Å²) in [5.41, 5.74) is 1.02. The molecule has 1 aliphatic heterocycles. The number of aromatic nitrogens is 4. The van der Waals surface area contributed by atoms with E-state index >= 15 is 0 Å². The third kappa shape index (κ3) is 3.35. The van der Waals surface area contributed by atoms with Crippen LogP contribution in [0.5, 0.6) is 0 Å². The summed E-state index contributed by atoms with van der Waals surface area (Å²) in [6.45, 7) is 3.04. The summed E-state index contributed by atoms with van der Waals surface area (Å²) in [5, 5.41) is 12.2. The molecule has 1 aliphatic carbocycles. The average Bonchev–Trinajstić information content (AvgIpc) is 3.11. The minimum atomic E-state index is 0.460. The number of hydrogen-bond acceptors (Lipinski definition) is 5. The molecule has 2 aromatic rings. The molecule has 2 unspecified atom stereocenters. The molecule has 128 valence electrons. The first-order valence-corrected chi connectivity index (χ1v) is 9.10. The van der Waals surface area contributed by atoms with E-state index in [-0.39, 0.29) is 0 Å². The maximum Gasteiger partial charge on any atom is 0.156 e. The Balaban J connectivity index is 1.35.